The second-order valence-electron chi connectivity index (χ2n) is 5.97. The number of halogens is 4. The average Bonchev–Trinajstić information content (AvgIpc) is 2.59. The molecule has 0 aliphatic heterocycles. The van der Waals surface area contributed by atoms with Crippen LogP contribution in [0.15, 0.2) is 66.7 Å². The van der Waals surface area contributed by atoms with Gasteiger partial charge in [-0.15, -0.1) is 0 Å². The van der Waals surface area contributed by atoms with Crippen LogP contribution in [0.5, 0.6) is 0 Å². The third-order valence-electron chi connectivity index (χ3n) is 4.21. The van der Waals surface area contributed by atoms with Gasteiger partial charge in [-0.25, -0.2) is 17.6 Å². The van der Waals surface area contributed by atoms with Gasteiger partial charge >= 0.3 is 0 Å². The van der Waals surface area contributed by atoms with Crippen LogP contribution in [-0.2, 0) is 5.60 Å². The largest absolute Gasteiger partial charge is 0.378 e. The van der Waals surface area contributed by atoms with Crippen LogP contribution in [0.3, 0.4) is 0 Å². The normalized spacial score (nSPS) is 12.8. The van der Waals surface area contributed by atoms with Crippen molar-refractivity contribution in [2.45, 2.75) is 11.6 Å². The second kappa shape index (κ2) is 6.90. The Bertz CT molecular complexity index is 838. The molecule has 0 radical (unpaired) electrons. The van der Waals surface area contributed by atoms with Crippen molar-refractivity contribution in [1.82, 2.24) is 0 Å². The highest BCUT2D eigenvalue weighted by Crippen LogP contribution is 2.40. The lowest BCUT2D eigenvalue weighted by Gasteiger charge is -2.35. The number of hydrogen-bond donors (Lipinski definition) is 2. The van der Waals surface area contributed by atoms with E-state index in [1.165, 1.54) is 0 Å². The predicted octanol–water partition coefficient (Wildman–Crippen LogP) is 4.18. The second-order valence-corrected chi connectivity index (χ2v) is 5.97. The standard InChI is InChI=1S/C20H15F4NO/c21-15-6-13(7-16(22)10-15)20(26,14-8-17(23)11-18(24)9-14)19(25)12-4-2-1-3-5-12/h1-11,19,26H,25H2/t19-/m1/s1. The lowest BCUT2D eigenvalue weighted by molar-refractivity contribution is 0.0499. The van der Waals surface area contributed by atoms with Crippen LogP contribution >= 0.6 is 0 Å². The monoisotopic (exact) mass is 361 g/mol. The highest BCUT2D eigenvalue weighted by atomic mass is 19.1. The molecule has 3 N–H and O–H groups in total. The van der Waals surface area contributed by atoms with E-state index in [0.717, 1.165) is 24.3 Å². The summed E-state index contributed by atoms with van der Waals surface area (Å²) in [5.41, 5.74) is 3.84. The van der Waals surface area contributed by atoms with Crippen LogP contribution in [0.1, 0.15) is 22.7 Å². The van der Waals surface area contributed by atoms with Crippen molar-refractivity contribution < 1.29 is 22.7 Å². The first-order chi connectivity index (χ1) is 12.3. The van der Waals surface area contributed by atoms with Gasteiger partial charge in [-0.1, -0.05) is 30.3 Å². The molecule has 0 aromatic heterocycles. The van der Waals surface area contributed by atoms with Crippen molar-refractivity contribution in [3.63, 3.8) is 0 Å². The van der Waals surface area contributed by atoms with E-state index < -0.39 is 34.9 Å². The molecular weight excluding hydrogens is 346 g/mol. The Balaban J connectivity index is 2.27. The van der Waals surface area contributed by atoms with Crippen molar-refractivity contribution in [2.24, 2.45) is 5.73 Å². The average molecular weight is 361 g/mol. The SMILES string of the molecule is N[C@H](c1ccccc1)C(O)(c1cc(F)cc(F)c1)c1cc(F)cc(F)c1. The quantitative estimate of drug-likeness (QED) is 0.685. The molecule has 0 aliphatic rings. The zero-order valence-electron chi connectivity index (χ0n) is 13.5. The third kappa shape index (κ3) is 3.34. The Morgan fingerprint density at radius 3 is 1.46 bits per heavy atom. The molecule has 0 bridgehead atoms. The molecule has 0 heterocycles. The van der Waals surface area contributed by atoms with E-state index in [9.17, 15) is 22.7 Å². The summed E-state index contributed by atoms with van der Waals surface area (Å²) in [7, 11) is 0. The van der Waals surface area contributed by atoms with Crippen LogP contribution in [0, 0.1) is 23.3 Å². The Labute approximate surface area is 147 Å². The molecule has 134 valence electrons. The first-order valence-corrected chi connectivity index (χ1v) is 7.77. The molecule has 3 rings (SSSR count). The van der Waals surface area contributed by atoms with Gasteiger partial charge in [-0.3, -0.25) is 0 Å². The fourth-order valence-corrected chi connectivity index (χ4v) is 2.98. The fourth-order valence-electron chi connectivity index (χ4n) is 2.98. The number of aliphatic hydroxyl groups is 1. The molecule has 0 fully saturated rings. The number of rotatable bonds is 4. The Morgan fingerprint density at radius 1 is 0.692 bits per heavy atom. The molecule has 0 amide bonds. The molecule has 0 spiro atoms. The third-order valence-corrected chi connectivity index (χ3v) is 4.21. The fraction of sp³-hybridized carbons (Fsp3) is 0.100. The van der Waals surface area contributed by atoms with Crippen LogP contribution in [0.4, 0.5) is 17.6 Å². The van der Waals surface area contributed by atoms with E-state index in [1.807, 2.05) is 0 Å². The van der Waals surface area contributed by atoms with Gasteiger partial charge in [0.15, 0.2) is 0 Å². The molecule has 0 saturated heterocycles. The minimum Gasteiger partial charge on any atom is -0.378 e. The molecule has 3 aromatic rings. The lowest BCUT2D eigenvalue weighted by atomic mass is 9.77. The van der Waals surface area contributed by atoms with E-state index >= 15 is 0 Å². The summed E-state index contributed by atoms with van der Waals surface area (Å²) >= 11 is 0. The zero-order valence-corrected chi connectivity index (χ0v) is 13.5. The lowest BCUT2D eigenvalue weighted by Crippen LogP contribution is -2.40. The van der Waals surface area contributed by atoms with E-state index in [4.69, 9.17) is 5.73 Å². The van der Waals surface area contributed by atoms with Gasteiger partial charge < -0.3 is 10.8 Å². The molecule has 26 heavy (non-hydrogen) atoms. The minimum atomic E-state index is -2.27. The highest BCUT2D eigenvalue weighted by Gasteiger charge is 2.40. The smallest absolute Gasteiger partial charge is 0.134 e. The van der Waals surface area contributed by atoms with Gasteiger partial charge in [0, 0.05) is 12.1 Å². The molecule has 0 aliphatic carbocycles. The molecule has 0 saturated carbocycles. The highest BCUT2D eigenvalue weighted by molar-refractivity contribution is 5.42. The Hall–Kier alpha value is -2.70. The van der Waals surface area contributed by atoms with Crippen LogP contribution in [0.25, 0.3) is 0 Å². The van der Waals surface area contributed by atoms with Crippen molar-refractivity contribution in [2.75, 3.05) is 0 Å². The Morgan fingerprint density at radius 2 is 1.08 bits per heavy atom. The zero-order chi connectivity index (χ0) is 18.9. The Kier molecular flexibility index (Phi) is 4.80. The maximum absolute atomic E-state index is 13.8. The van der Waals surface area contributed by atoms with Crippen LogP contribution in [0.2, 0.25) is 0 Å². The summed E-state index contributed by atoms with van der Waals surface area (Å²) in [4.78, 5) is 0. The van der Waals surface area contributed by atoms with Gasteiger partial charge in [-0.2, -0.15) is 0 Å². The van der Waals surface area contributed by atoms with E-state index in [0.29, 0.717) is 17.7 Å². The summed E-state index contributed by atoms with van der Waals surface area (Å²) in [5, 5.41) is 11.4. The minimum absolute atomic E-state index is 0.253. The molecule has 0 unspecified atom stereocenters. The van der Waals surface area contributed by atoms with Gasteiger partial charge in [-0.05, 0) is 41.0 Å². The van der Waals surface area contributed by atoms with Crippen molar-refractivity contribution in [3.8, 4) is 0 Å². The van der Waals surface area contributed by atoms with E-state index in [2.05, 4.69) is 0 Å². The predicted molar refractivity (Wildman–Crippen MR) is 89.1 cm³/mol. The van der Waals surface area contributed by atoms with Crippen LogP contribution in [-0.4, -0.2) is 5.11 Å². The van der Waals surface area contributed by atoms with E-state index in [1.54, 1.807) is 30.3 Å². The topological polar surface area (TPSA) is 46.2 Å². The molecule has 2 nitrogen and oxygen atoms in total. The summed E-state index contributed by atoms with van der Waals surface area (Å²) in [6, 6.07) is 11.8. The van der Waals surface area contributed by atoms with Gasteiger partial charge in [0.2, 0.25) is 0 Å². The molecular formula is C20H15F4NO. The van der Waals surface area contributed by atoms with Gasteiger partial charge in [0.25, 0.3) is 0 Å². The van der Waals surface area contributed by atoms with Gasteiger partial charge in [0.05, 0.1) is 6.04 Å². The molecule has 6 heteroatoms. The summed E-state index contributed by atoms with van der Waals surface area (Å²) < 4.78 is 55.0. The number of benzene rings is 3. The van der Waals surface area contributed by atoms with Crippen molar-refractivity contribution >= 4 is 0 Å². The number of hydrogen-bond acceptors (Lipinski definition) is 2. The van der Waals surface area contributed by atoms with Crippen molar-refractivity contribution in [3.05, 3.63) is 107 Å². The number of nitrogens with two attached hydrogens (primary N) is 1. The van der Waals surface area contributed by atoms with E-state index in [-0.39, 0.29) is 11.1 Å². The van der Waals surface area contributed by atoms with Crippen molar-refractivity contribution in [1.29, 1.82) is 0 Å². The summed E-state index contributed by atoms with van der Waals surface area (Å²) in [6.07, 6.45) is 0. The summed E-state index contributed by atoms with van der Waals surface area (Å²) in [5.74, 6) is -3.79. The summed E-state index contributed by atoms with van der Waals surface area (Å²) in [6.45, 7) is 0. The first-order valence-electron chi connectivity index (χ1n) is 7.77. The van der Waals surface area contributed by atoms with Crippen LogP contribution < -0.4 is 5.73 Å². The van der Waals surface area contributed by atoms with Gasteiger partial charge in [0.1, 0.15) is 28.9 Å². The first kappa shape index (κ1) is 18.1. The maximum Gasteiger partial charge on any atom is 0.134 e. The molecule has 3 aromatic carbocycles. The molecule has 1 atom stereocenters. The maximum atomic E-state index is 13.8.